The van der Waals surface area contributed by atoms with E-state index in [0.717, 1.165) is 17.1 Å². The Balaban J connectivity index is 1.96. The normalized spacial score (nSPS) is 10.7. The van der Waals surface area contributed by atoms with Crippen molar-refractivity contribution in [3.05, 3.63) is 64.9 Å². The molecule has 3 aromatic rings. The largest absolute Gasteiger partial charge is 0.495 e. The van der Waals surface area contributed by atoms with Crippen LogP contribution in [-0.4, -0.2) is 33.5 Å². The fourth-order valence-electron chi connectivity index (χ4n) is 2.48. The highest BCUT2D eigenvalue weighted by atomic mass is 35.5. The van der Waals surface area contributed by atoms with Crippen molar-refractivity contribution in [2.75, 3.05) is 12.9 Å². The van der Waals surface area contributed by atoms with Gasteiger partial charge in [-0.05, 0) is 29.8 Å². The summed E-state index contributed by atoms with van der Waals surface area (Å²) in [4.78, 5) is 11.1. The molecule has 0 aliphatic carbocycles. The molecule has 3 rings (SSSR count). The summed E-state index contributed by atoms with van der Waals surface area (Å²) in [6, 6.07) is 15.3. The zero-order valence-corrected chi connectivity index (χ0v) is 15.6. The number of hydrogen-bond donors (Lipinski definition) is 1. The van der Waals surface area contributed by atoms with Crippen molar-refractivity contribution in [2.45, 2.75) is 11.6 Å². The van der Waals surface area contributed by atoms with Crippen molar-refractivity contribution in [1.29, 1.82) is 0 Å². The van der Waals surface area contributed by atoms with Crippen LogP contribution >= 0.6 is 23.4 Å². The van der Waals surface area contributed by atoms with Gasteiger partial charge >= 0.3 is 0 Å². The van der Waals surface area contributed by atoms with Crippen LogP contribution in [0, 0.1) is 0 Å². The Morgan fingerprint density at radius 3 is 2.65 bits per heavy atom. The second-order valence-corrected chi connectivity index (χ2v) is 6.82. The Bertz CT molecular complexity index is 915. The van der Waals surface area contributed by atoms with Crippen LogP contribution in [0.25, 0.3) is 5.69 Å². The molecule has 0 saturated heterocycles. The molecule has 2 aromatic carbocycles. The summed E-state index contributed by atoms with van der Waals surface area (Å²) >= 11 is 7.48. The van der Waals surface area contributed by atoms with E-state index in [1.54, 1.807) is 7.11 Å². The van der Waals surface area contributed by atoms with E-state index in [-0.39, 0.29) is 5.75 Å². The number of benzene rings is 2. The van der Waals surface area contributed by atoms with E-state index in [1.807, 2.05) is 53.1 Å². The maximum absolute atomic E-state index is 11.1. The van der Waals surface area contributed by atoms with Crippen molar-refractivity contribution in [3.8, 4) is 11.4 Å². The standard InChI is InChI=1S/C18H17ClN4O2S/c1-25-15-8-7-12(9-14(15)19)10-17-21-22-18(26-11-16(20)24)23(17)13-5-3-2-4-6-13/h2-9H,10-11H2,1H3,(H2,20,24). The van der Waals surface area contributed by atoms with Crippen LogP contribution in [0.15, 0.2) is 53.7 Å². The van der Waals surface area contributed by atoms with E-state index in [4.69, 9.17) is 22.1 Å². The number of carbonyl (C=O) groups is 1. The number of hydrogen-bond acceptors (Lipinski definition) is 5. The zero-order chi connectivity index (χ0) is 18.5. The lowest BCUT2D eigenvalue weighted by Gasteiger charge is -2.10. The zero-order valence-electron chi connectivity index (χ0n) is 14.1. The number of rotatable bonds is 7. The highest BCUT2D eigenvalue weighted by Gasteiger charge is 2.16. The van der Waals surface area contributed by atoms with Crippen molar-refractivity contribution in [3.63, 3.8) is 0 Å². The first-order valence-electron chi connectivity index (χ1n) is 7.81. The van der Waals surface area contributed by atoms with Gasteiger partial charge < -0.3 is 10.5 Å². The quantitative estimate of drug-likeness (QED) is 0.629. The third kappa shape index (κ3) is 4.17. The summed E-state index contributed by atoms with van der Waals surface area (Å²) in [5.41, 5.74) is 7.15. The van der Waals surface area contributed by atoms with Crippen LogP contribution < -0.4 is 10.5 Å². The van der Waals surface area contributed by atoms with Gasteiger partial charge in [-0.3, -0.25) is 9.36 Å². The van der Waals surface area contributed by atoms with E-state index in [0.29, 0.717) is 22.3 Å². The third-order valence-electron chi connectivity index (χ3n) is 3.64. The van der Waals surface area contributed by atoms with Gasteiger partial charge in [-0.25, -0.2) is 0 Å². The lowest BCUT2D eigenvalue weighted by atomic mass is 10.1. The number of ether oxygens (including phenoxy) is 1. The molecule has 6 nitrogen and oxygen atoms in total. The van der Waals surface area contributed by atoms with Crippen LogP contribution in [0.3, 0.4) is 0 Å². The summed E-state index contributed by atoms with van der Waals surface area (Å²) in [6.07, 6.45) is 0.530. The maximum atomic E-state index is 11.1. The van der Waals surface area contributed by atoms with Crippen LogP contribution in [-0.2, 0) is 11.2 Å². The number of primary amides is 1. The minimum Gasteiger partial charge on any atom is -0.495 e. The number of nitrogens with two attached hydrogens (primary N) is 1. The Morgan fingerprint density at radius 1 is 1.23 bits per heavy atom. The molecule has 0 bridgehead atoms. The van der Waals surface area contributed by atoms with Gasteiger partial charge in [0.15, 0.2) is 5.16 Å². The van der Waals surface area contributed by atoms with E-state index < -0.39 is 5.91 Å². The molecule has 0 fully saturated rings. The first kappa shape index (κ1) is 18.3. The SMILES string of the molecule is COc1ccc(Cc2nnc(SCC(N)=O)n2-c2ccccc2)cc1Cl. The van der Waals surface area contributed by atoms with Crippen molar-refractivity contribution in [2.24, 2.45) is 5.73 Å². The molecule has 2 N–H and O–H groups in total. The summed E-state index contributed by atoms with van der Waals surface area (Å²) in [6.45, 7) is 0. The first-order chi connectivity index (χ1) is 12.6. The molecule has 0 aliphatic rings. The van der Waals surface area contributed by atoms with Gasteiger partial charge in [0.1, 0.15) is 11.6 Å². The number of aromatic nitrogens is 3. The minimum atomic E-state index is -0.402. The average molecular weight is 389 g/mol. The van der Waals surface area contributed by atoms with Crippen molar-refractivity contribution in [1.82, 2.24) is 14.8 Å². The highest BCUT2D eigenvalue weighted by Crippen LogP contribution is 2.27. The summed E-state index contributed by atoms with van der Waals surface area (Å²) in [7, 11) is 1.58. The minimum absolute atomic E-state index is 0.138. The van der Waals surface area contributed by atoms with Gasteiger partial charge in [0, 0.05) is 12.1 Å². The molecule has 1 amide bonds. The summed E-state index contributed by atoms with van der Waals surface area (Å²) < 4.78 is 7.11. The molecular formula is C18H17ClN4O2S. The average Bonchev–Trinajstić information content (AvgIpc) is 3.03. The van der Waals surface area contributed by atoms with Crippen LogP contribution in [0.2, 0.25) is 5.02 Å². The van der Waals surface area contributed by atoms with E-state index in [1.165, 1.54) is 11.8 Å². The monoisotopic (exact) mass is 388 g/mol. The summed E-state index contributed by atoms with van der Waals surface area (Å²) in [5, 5.41) is 9.69. The molecule has 1 heterocycles. The number of amides is 1. The molecule has 0 aliphatic heterocycles. The van der Waals surface area contributed by atoms with Gasteiger partial charge in [-0.2, -0.15) is 0 Å². The molecule has 8 heteroatoms. The molecule has 26 heavy (non-hydrogen) atoms. The van der Waals surface area contributed by atoms with Gasteiger partial charge in [-0.1, -0.05) is 47.6 Å². The maximum Gasteiger partial charge on any atom is 0.227 e. The second kappa shape index (κ2) is 8.25. The topological polar surface area (TPSA) is 83.0 Å². The predicted octanol–water partition coefficient (Wildman–Crippen LogP) is 3.10. The fourth-order valence-corrected chi connectivity index (χ4v) is 3.47. The lowest BCUT2D eigenvalue weighted by molar-refractivity contribution is -0.115. The Hall–Kier alpha value is -2.51. The molecular weight excluding hydrogens is 372 g/mol. The van der Waals surface area contributed by atoms with Crippen LogP contribution in [0.1, 0.15) is 11.4 Å². The Morgan fingerprint density at radius 2 is 2.00 bits per heavy atom. The molecule has 0 spiro atoms. The lowest BCUT2D eigenvalue weighted by Crippen LogP contribution is -2.14. The van der Waals surface area contributed by atoms with E-state index in [2.05, 4.69) is 10.2 Å². The van der Waals surface area contributed by atoms with Crippen molar-refractivity contribution < 1.29 is 9.53 Å². The molecule has 134 valence electrons. The number of thioether (sulfide) groups is 1. The van der Waals surface area contributed by atoms with E-state index >= 15 is 0 Å². The molecule has 0 saturated carbocycles. The second-order valence-electron chi connectivity index (χ2n) is 5.47. The number of para-hydroxylation sites is 1. The first-order valence-corrected chi connectivity index (χ1v) is 9.18. The van der Waals surface area contributed by atoms with Gasteiger partial charge in [0.05, 0.1) is 17.9 Å². The number of methoxy groups -OCH3 is 1. The highest BCUT2D eigenvalue weighted by molar-refractivity contribution is 7.99. The van der Waals surface area contributed by atoms with Gasteiger partial charge in [-0.15, -0.1) is 10.2 Å². The molecule has 0 unspecified atom stereocenters. The molecule has 0 radical (unpaired) electrons. The van der Waals surface area contributed by atoms with Crippen LogP contribution in [0.4, 0.5) is 0 Å². The Kier molecular flexibility index (Phi) is 5.80. The Labute approximate surface area is 160 Å². The fraction of sp³-hybridized carbons (Fsp3) is 0.167. The van der Waals surface area contributed by atoms with Crippen LogP contribution in [0.5, 0.6) is 5.75 Å². The number of halogens is 1. The van der Waals surface area contributed by atoms with Gasteiger partial charge in [0.2, 0.25) is 5.91 Å². The van der Waals surface area contributed by atoms with Crippen molar-refractivity contribution >= 4 is 29.3 Å². The van der Waals surface area contributed by atoms with E-state index in [9.17, 15) is 4.79 Å². The number of carbonyl (C=O) groups excluding carboxylic acids is 1. The van der Waals surface area contributed by atoms with Gasteiger partial charge in [0.25, 0.3) is 0 Å². The number of nitrogens with zero attached hydrogens (tertiary/aromatic N) is 3. The molecule has 1 aromatic heterocycles. The third-order valence-corrected chi connectivity index (χ3v) is 4.88. The smallest absolute Gasteiger partial charge is 0.227 e. The summed E-state index contributed by atoms with van der Waals surface area (Å²) in [5.74, 6) is 1.10. The predicted molar refractivity (Wildman–Crippen MR) is 102 cm³/mol. The molecule has 0 atom stereocenters.